The van der Waals surface area contributed by atoms with E-state index in [0.29, 0.717) is 17.2 Å². The number of benzene rings is 1. The number of aryl methyl sites for hydroxylation is 1. The van der Waals surface area contributed by atoms with Crippen LogP contribution in [0.3, 0.4) is 0 Å². The third kappa shape index (κ3) is 3.56. The number of tetrazole rings is 1. The topological polar surface area (TPSA) is 103 Å². The zero-order chi connectivity index (χ0) is 21.8. The van der Waals surface area contributed by atoms with Gasteiger partial charge in [0, 0.05) is 17.3 Å². The van der Waals surface area contributed by atoms with Gasteiger partial charge in [0.15, 0.2) is 5.65 Å². The first kappa shape index (κ1) is 19.3. The van der Waals surface area contributed by atoms with Gasteiger partial charge in [-0.05, 0) is 81.3 Å². The first-order chi connectivity index (χ1) is 14.8. The fraction of sp³-hybridized carbons (Fsp3) is 0.364. The van der Waals surface area contributed by atoms with Gasteiger partial charge in [-0.1, -0.05) is 0 Å². The van der Waals surface area contributed by atoms with Gasteiger partial charge in [0.25, 0.3) is 5.91 Å². The van der Waals surface area contributed by atoms with E-state index in [0.717, 1.165) is 41.0 Å². The predicted octanol–water partition coefficient (Wildman–Crippen LogP) is 3.60. The highest BCUT2D eigenvalue weighted by Crippen LogP contribution is 2.41. The molecule has 0 spiro atoms. The minimum Gasteiger partial charge on any atom is -0.322 e. The Hall–Kier alpha value is -3.62. The largest absolute Gasteiger partial charge is 0.322 e. The normalized spacial score (nSPS) is 14.2. The number of nitrogens with one attached hydrogen (secondary N) is 1. The van der Waals surface area contributed by atoms with E-state index in [9.17, 15) is 4.79 Å². The maximum atomic E-state index is 13.3. The monoisotopic (exact) mass is 416 g/mol. The number of hydrogen-bond acceptors (Lipinski definition) is 6. The number of nitrogens with zero attached hydrogens (tertiary/aromatic N) is 7. The Morgan fingerprint density at radius 2 is 1.90 bits per heavy atom. The van der Waals surface area contributed by atoms with Crippen LogP contribution in [0.25, 0.3) is 16.7 Å². The standard InChI is InChI=1S/C22H24N8O/c1-13-19-17(11-18(14-5-6-14)25-20(19)30(26-13)22(2,3)4)21(31)24-15-7-9-16(10-8-15)29-12-23-27-28-29/h7-12,14H,5-6H2,1-4H3,(H,24,31). The molecule has 31 heavy (non-hydrogen) atoms. The molecule has 5 rings (SSSR count). The molecule has 9 nitrogen and oxygen atoms in total. The summed E-state index contributed by atoms with van der Waals surface area (Å²) in [4.78, 5) is 18.2. The molecule has 0 atom stereocenters. The van der Waals surface area contributed by atoms with Crippen LogP contribution in [0.1, 0.15) is 61.3 Å². The van der Waals surface area contributed by atoms with Gasteiger partial charge >= 0.3 is 0 Å². The maximum Gasteiger partial charge on any atom is 0.256 e. The Balaban J connectivity index is 1.53. The first-order valence-corrected chi connectivity index (χ1v) is 10.4. The molecule has 3 aromatic heterocycles. The molecule has 1 amide bonds. The summed E-state index contributed by atoms with van der Waals surface area (Å²) in [5, 5.41) is 19.7. The van der Waals surface area contributed by atoms with E-state index < -0.39 is 0 Å². The number of amides is 1. The van der Waals surface area contributed by atoms with Crippen molar-refractivity contribution in [3.63, 3.8) is 0 Å². The number of hydrogen-bond donors (Lipinski definition) is 1. The van der Waals surface area contributed by atoms with Crippen LogP contribution in [0, 0.1) is 6.92 Å². The molecule has 0 radical (unpaired) electrons. The molecule has 1 aliphatic carbocycles. The van der Waals surface area contributed by atoms with Crippen molar-refractivity contribution in [2.75, 3.05) is 5.32 Å². The van der Waals surface area contributed by atoms with Crippen LogP contribution >= 0.6 is 0 Å². The third-order valence-electron chi connectivity index (χ3n) is 5.45. The van der Waals surface area contributed by atoms with Crippen LogP contribution in [0.4, 0.5) is 5.69 Å². The van der Waals surface area contributed by atoms with Crippen LogP contribution in [0.2, 0.25) is 0 Å². The summed E-state index contributed by atoms with van der Waals surface area (Å²) in [6, 6.07) is 9.31. The molecule has 1 N–H and O–H groups in total. The maximum absolute atomic E-state index is 13.3. The predicted molar refractivity (Wildman–Crippen MR) is 116 cm³/mol. The molecule has 0 aliphatic heterocycles. The molecule has 1 aromatic carbocycles. The lowest BCUT2D eigenvalue weighted by molar-refractivity contribution is 0.102. The molecular formula is C22H24N8O. The summed E-state index contributed by atoms with van der Waals surface area (Å²) in [7, 11) is 0. The highest BCUT2D eigenvalue weighted by atomic mass is 16.1. The van der Waals surface area contributed by atoms with Crippen molar-refractivity contribution in [2.45, 2.75) is 52.0 Å². The van der Waals surface area contributed by atoms with Crippen LogP contribution in [0.15, 0.2) is 36.7 Å². The van der Waals surface area contributed by atoms with Gasteiger partial charge in [-0.25, -0.2) is 14.3 Å². The SMILES string of the molecule is Cc1nn(C(C)(C)C)c2nc(C3CC3)cc(C(=O)Nc3ccc(-n4cnnn4)cc3)c12. The minimum absolute atomic E-state index is 0.166. The van der Waals surface area contributed by atoms with E-state index in [1.807, 2.05) is 41.9 Å². The van der Waals surface area contributed by atoms with Gasteiger partial charge < -0.3 is 5.32 Å². The lowest BCUT2D eigenvalue weighted by Crippen LogP contribution is -2.23. The van der Waals surface area contributed by atoms with E-state index in [2.05, 4.69) is 41.6 Å². The second-order valence-electron chi connectivity index (χ2n) is 8.99. The van der Waals surface area contributed by atoms with Gasteiger partial charge in [-0.3, -0.25) is 4.79 Å². The van der Waals surface area contributed by atoms with E-state index >= 15 is 0 Å². The fourth-order valence-corrected chi connectivity index (χ4v) is 3.72. The highest BCUT2D eigenvalue weighted by molar-refractivity contribution is 6.12. The van der Waals surface area contributed by atoms with Crippen molar-refractivity contribution in [1.82, 2.24) is 35.0 Å². The van der Waals surface area contributed by atoms with Crippen LogP contribution < -0.4 is 5.32 Å². The molecule has 0 saturated heterocycles. The zero-order valence-corrected chi connectivity index (χ0v) is 18.0. The first-order valence-electron chi connectivity index (χ1n) is 10.4. The van der Waals surface area contributed by atoms with Crippen molar-refractivity contribution in [2.24, 2.45) is 0 Å². The van der Waals surface area contributed by atoms with Crippen molar-refractivity contribution < 1.29 is 4.79 Å². The second kappa shape index (κ2) is 6.97. The molecular weight excluding hydrogens is 392 g/mol. The van der Waals surface area contributed by atoms with Crippen LogP contribution in [0.5, 0.6) is 0 Å². The summed E-state index contributed by atoms with van der Waals surface area (Å²) < 4.78 is 3.49. The quantitative estimate of drug-likeness (QED) is 0.545. The molecule has 9 heteroatoms. The Morgan fingerprint density at radius 3 is 2.52 bits per heavy atom. The number of aromatic nitrogens is 7. The Kier molecular flexibility index (Phi) is 4.35. The van der Waals surface area contributed by atoms with Crippen molar-refractivity contribution in [3.8, 4) is 5.69 Å². The second-order valence-corrected chi connectivity index (χ2v) is 8.99. The average Bonchev–Trinajstić information content (AvgIpc) is 3.32. The molecule has 0 bridgehead atoms. The van der Waals surface area contributed by atoms with Crippen molar-refractivity contribution >= 4 is 22.6 Å². The molecule has 158 valence electrons. The Bertz CT molecular complexity index is 1260. The zero-order valence-electron chi connectivity index (χ0n) is 18.0. The molecule has 0 unspecified atom stereocenters. The molecule has 3 heterocycles. The average molecular weight is 416 g/mol. The van der Waals surface area contributed by atoms with Crippen molar-refractivity contribution in [3.05, 3.63) is 53.6 Å². The smallest absolute Gasteiger partial charge is 0.256 e. The third-order valence-corrected chi connectivity index (χ3v) is 5.45. The van der Waals surface area contributed by atoms with E-state index in [-0.39, 0.29) is 11.4 Å². The summed E-state index contributed by atoms with van der Waals surface area (Å²) in [5.74, 6) is 0.260. The van der Waals surface area contributed by atoms with E-state index in [4.69, 9.17) is 10.1 Å². The Labute approximate surface area is 179 Å². The Morgan fingerprint density at radius 1 is 1.16 bits per heavy atom. The van der Waals surface area contributed by atoms with Crippen LogP contribution in [-0.2, 0) is 5.54 Å². The van der Waals surface area contributed by atoms with Gasteiger partial charge in [-0.2, -0.15) is 5.10 Å². The lowest BCUT2D eigenvalue weighted by atomic mass is 10.1. The summed E-state index contributed by atoms with van der Waals surface area (Å²) in [6.45, 7) is 8.21. The number of pyridine rings is 1. The van der Waals surface area contributed by atoms with Crippen LogP contribution in [-0.4, -0.2) is 40.9 Å². The van der Waals surface area contributed by atoms with Gasteiger partial charge in [0.05, 0.1) is 27.9 Å². The molecule has 4 aromatic rings. The van der Waals surface area contributed by atoms with Gasteiger partial charge in [0.2, 0.25) is 0 Å². The fourth-order valence-electron chi connectivity index (χ4n) is 3.72. The summed E-state index contributed by atoms with van der Waals surface area (Å²) in [6.07, 6.45) is 3.75. The summed E-state index contributed by atoms with van der Waals surface area (Å²) >= 11 is 0. The number of fused-ring (bicyclic) bond motifs is 1. The summed E-state index contributed by atoms with van der Waals surface area (Å²) in [5.41, 5.74) is 4.43. The van der Waals surface area contributed by atoms with E-state index in [1.54, 1.807) is 4.68 Å². The van der Waals surface area contributed by atoms with Gasteiger partial charge in [0.1, 0.15) is 6.33 Å². The number of rotatable bonds is 4. The molecule has 1 fully saturated rings. The molecule has 1 aliphatic rings. The highest BCUT2D eigenvalue weighted by Gasteiger charge is 2.30. The number of carbonyl (C=O) groups excluding carboxylic acids is 1. The van der Waals surface area contributed by atoms with Gasteiger partial charge in [-0.15, -0.1) is 5.10 Å². The minimum atomic E-state index is -0.235. The molecule has 1 saturated carbocycles. The van der Waals surface area contributed by atoms with E-state index in [1.165, 1.54) is 6.33 Å². The van der Waals surface area contributed by atoms with Crippen molar-refractivity contribution in [1.29, 1.82) is 0 Å². The number of anilines is 1. The number of carbonyl (C=O) groups is 1. The lowest BCUT2D eigenvalue weighted by Gasteiger charge is -2.20.